The predicted molar refractivity (Wildman–Crippen MR) is 103 cm³/mol. The number of halogens is 1. The number of ether oxygens (including phenoxy) is 1. The maximum atomic E-state index is 13.2. The van der Waals surface area contributed by atoms with E-state index in [2.05, 4.69) is 20.9 Å². The fraction of sp³-hybridized carbons (Fsp3) is 0.182. The van der Waals surface area contributed by atoms with Crippen molar-refractivity contribution in [3.63, 3.8) is 0 Å². The number of carbonyl (C=O) groups is 1. The van der Waals surface area contributed by atoms with Crippen molar-refractivity contribution in [3.8, 4) is 5.75 Å². The number of Topliss-reactive ketones (excluding diaryl/α,β-unsaturated/α-hetero) is 1. The highest BCUT2D eigenvalue weighted by Gasteiger charge is 2.73. The number of hydrogen-bond donors (Lipinski definition) is 1. The Morgan fingerprint density at radius 2 is 1.78 bits per heavy atom. The predicted octanol–water partition coefficient (Wildman–Crippen LogP) is 4.08. The number of aromatic nitrogens is 1. The van der Waals surface area contributed by atoms with E-state index >= 15 is 0 Å². The van der Waals surface area contributed by atoms with Gasteiger partial charge in [-0.05, 0) is 35.4 Å². The van der Waals surface area contributed by atoms with Gasteiger partial charge in [0.05, 0.1) is 0 Å². The number of rotatable bonds is 2. The molecule has 5 heteroatoms. The van der Waals surface area contributed by atoms with Gasteiger partial charge in [-0.25, -0.2) is 0 Å². The first-order valence-electron chi connectivity index (χ1n) is 8.78. The highest BCUT2D eigenvalue weighted by Crippen LogP contribution is 2.64. The van der Waals surface area contributed by atoms with Gasteiger partial charge in [0.25, 0.3) is 0 Å². The summed E-state index contributed by atoms with van der Waals surface area (Å²) in [5, 5.41) is 11.8. The Balaban J connectivity index is 1.82. The van der Waals surface area contributed by atoms with E-state index in [-0.39, 0.29) is 18.1 Å². The summed E-state index contributed by atoms with van der Waals surface area (Å²) in [6.45, 7) is 0. The molecule has 2 aliphatic rings. The molecule has 0 bridgehead atoms. The van der Waals surface area contributed by atoms with Crippen LogP contribution in [0.4, 0.5) is 0 Å². The molecule has 1 aromatic heterocycles. The van der Waals surface area contributed by atoms with Crippen molar-refractivity contribution in [1.29, 1.82) is 0 Å². The minimum absolute atomic E-state index is 0.187. The first-order chi connectivity index (χ1) is 13.1. The number of nitrogens with zero attached hydrogens (tertiary/aromatic N) is 1. The second-order valence-corrected chi connectivity index (χ2v) is 7.91. The molecule has 1 saturated carbocycles. The van der Waals surface area contributed by atoms with Crippen LogP contribution in [-0.4, -0.2) is 15.9 Å². The van der Waals surface area contributed by atoms with Gasteiger partial charge < -0.3 is 9.84 Å². The largest absolute Gasteiger partial charge is 0.476 e. The lowest BCUT2D eigenvalue weighted by Crippen LogP contribution is -2.51. The Hall–Kier alpha value is -2.50. The lowest BCUT2D eigenvalue weighted by atomic mass is 9.72. The molecule has 5 rings (SSSR count). The minimum atomic E-state index is -1.82. The lowest BCUT2D eigenvalue weighted by molar-refractivity contribution is -0.151. The third-order valence-corrected chi connectivity index (χ3v) is 6.21. The summed E-state index contributed by atoms with van der Waals surface area (Å²) >= 11 is 3.46. The van der Waals surface area contributed by atoms with Crippen LogP contribution >= 0.6 is 15.9 Å². The molecule has 2 aromatic carbocycles. The van der Waals surface area contributed by atoms with Crippen LogP contribution in [0.5, 0.6) is 5.75 Å². The Labute approximate surface area is 165 Å². The van der Waals surface area contributed by atoms with Gasteiger partial charge in [-0.15, -0.1) is 0 Å². The first-order valence-corrected chi connectivity index (χ1v) is 9.58. The van der Waals surface area contributed by atoms with Crippen LogP contribution in [0.3, 0.4) is 0 Å². The van der Waals surface area contributed by atoms with Crippen molar-refractivity contribution in [2.24, 2.45) is 0 Å². The van der Waals surface area contributed by atoms with Gasteiger partial charge in [-0.2, -0.15) is 0 Å². The standard InChI is InChI=1S/C22H16BrNO3/c23-16-10-8-15(9-11-16)22-17(14-5-2-1-3-6-14)13-19(25)21(22,26)20-18(27-22)7-4-12-24-20/h1-12,17,26H,13H2. The highest BCUT2D eigenvalue weighted by atomic mass is 79.9. The molecule has 27 heavy (non-hydrogen) atoms. The molecule has 0 amide bonds. The van der Waals surface area contributed by atoms with Crippen LogP contribution in [0, 0.1) is 0 Å². The van der Waals surface area contributed by atoms with E-state index < -0.39 is 11.2 Å². The molecular weight excluding hydrogens is 406 g/mol. The van der Waals surface area contributed by atoms with Crippen LogP contribution in [0.2, 0.25) is 0 Å². The summed E-state index contributed by atoms with van der Waals surface area (Å²) in [4.78, 5) is 17.5. The van der Waals surface area contributed by atoms with Gasteiger partial charge in [0, 0.05) is 23.0 Å². The molecule has 3 aromatic rings. The Kier molecular flexibility index (Phi) is 3.55. The van der Waals surface area contributed by atoms with Crippen molar-refractivity contribution < 1.29 is 14.6 Å². The fourth-order valence-corrected chi connectivity index (χ4v) is 4.78. The lowest BCUT2D eigenvalue weighted by Gasteiger charge is -2.38. The number of hydrogen-bond acceptors (Lipinski definition) is 4. The molecule has 0 radical (unpaired) electrons. The van der Waals surface area contributed by atoms with Crippen LogP contribution in [-0.2, 0) is 16.0 Å². The zero-order valence-electron chi connectivity index (χ0n) is 14.3. The van der Waals surface area contributed by atoms with E-state index in [9.17, 15) is 9.90 Å². The second-order valence-electron chi connectivity index (χ2n) is 7.00. The van der Waals surface area contributed by atoms with Crippen molar-refractivity contribution in [2.45, 2.75) is 23.5 Å². The fourth-order valence-electron chi connectivity index (χ4n) is 4.51. The molecule has 2 heterocycles. The van der Waals surface area contributed by atoms with Crippen LogP contribution in [0.15, 0.2) is 77.4 Å². The molecule has 0 saturated heterocycles. The number of carbonyl (C=O) groups excluding carboxylic acids is 1. The summed E-state index contributed by atoms with van der Waals surface area (Å²) in [5.74, 6) is -0.139. The Morgan fingerprint density at radius 1 is 1.04 bits per heavy atom. The Bertz CT molecular complexity index is 1040. The maximum Gasteiger partial charge on any atom is 0.213 e. The highest BCUT2D eigenvalue weighted by molar-refractivity contribution is 9.10. The molecule has 1 aliphatic heterocycles. The van der Waals surface area contributed by atoms with Gasteiger partial charge in [0.15, 0.2) is 11.4 Å². The number of fused-ring (bicyclic) bond motifs is 3. The SMILES string of the molecule is O=C1CC(c2ccccc2)C2(c3ccc(Br)cc3)Oc3cccnc3C12O. The number of benzene rings is 2. The summed E-state index contributed by atoms with van der Waals surface area (Å²) in [7, 11) is 0. The van der Waals surface area contributed by atoms with Gasteiger partial charge in [-0.1, -0.05) is 58.4 Å². The average molecular weight is 422 g/mol. The average Bonchev–Trinajstić information content (AvgIpc) is 3.10. The first kappa shape index (κ1) is 16.7. The van der Waals surface area contributed by atoms with E-state index in [4.69, 9.17) is 4.74 Å². The normalized spacial score (nSPS) is 28.5. The summed E-state index contributed by atoms with van der Waals surface area (Å²) in [6.07, 6.45) is 1.77. The summed E-state index contributed by atoms with van der Waals surface area (Å²) < 4.78 is 7.35. The molecule has 0 spiro atoms. The maximum absolute atomic E-state index is 13.2. The quantitative estimate of drug-likeness (QED) is 0.677. The number of aliphatic hydroxyl groups is 1. The van der Waals surface area contributed by atoms with E-state index in [0.29, 0.717) is 11.4 Å². The van der Waals surface area contributed by atoms with Crippen LogP contribution in [0.1, 0.15) is 29.2 Å². The van der Waals surface area contributed by atoms with E-state index in [1.54, 1.807) is 18.3 Å². The van der Waals surface area contributed by atoms with Crippen molar-refractivity contribution >= 4 is 21.7 Å². The molecule has 1 fully saturated rings. The van der Waals surface area contributed by atoms with Gasteiger partial charge >= 0.3 is 0 Å². The van der Waals surface area contributed by atoms with Crippen molar-refractivity contribution in [3.05, 3.63) is 94.2 Å². The molecule has 3 unspecified atom stereocenters. The smallest absolute Gasteiger partial charge is 0.213 e. The van der Waals surface area contributed by atoms with Gasteiger partial charge in [0.2, 0.25) is 5.60 Å². The summed E-state index contributed by atoms with van der Waals surface area (Å²) in [5.41, 5.74) is -1.06. The molecule has 4 nitrogen and oxygen atoms in total. The molecular formula is C22H16BrNO3. The molecule has 1 N–H and O–H groups in total. The molecule has 134 valence electrons. The zero-order valence-corrected chi connectivity index (χ0v) is 15.9. The van der Waals surface area contributed by atoms with Crippen LogP contribution < -0.4 is 4.74 Å². The van der Waals surface area contributed by atoms with Crippen molar-refractivity contribution in [2.75, 3.05) is 0 Å². The van der Waals surface area contributed by atoms with Crippen molar-refractivity contribution in [1.82, 2.24) is 4.98 Å². The monoisotopic (exact) mass is 421 g/mol. The summed E-state index contributed by atoms with van der Waals surface area (Å²) in [6, 6.07) is 20.9. The topological polar surface area (TPSA) is 59.4 Å². The molecule has 1 aliphatic carbocycles. The van der Waals surface area contributed by atoms with Gasteiger partial charge in [0.1, 0.15) is 11.4 Å². The number of ketones is 1. The van der Waals surface area contributed by atoms with E-state index in [1.165, 1.54) is 0 Å². The third kappa shape index (κ3) is 2.07. The molecule has 3 atom stereocenters. The van der Waals surface area contributed by atoms with E-state index in [1.807, 2.05) is 54.6 Å². The zero-order chi connectivity index (χ0) is 18.6. The second kappa shape index (κ2) is 5.75. The van der Waals surface area contributed by atoms with Crippen LogP contribution in [0.25, 0.3) is 0 Å². The Morgan fingerprint density at radius 3 is 2.52 bits per heavy atom. The number of pyridine rings is 1. The van der Waals surface area contributed by atoms with E-state index in [0.717, 1.165) is 15.6 Å². The third-order valence-electron chi connectivity index (χ3n) is 5.68. The van der Waals surface area contributed by atoms with Gasteiger partial charge in [-0.3, -0.25) is 9.78 Å². The minimum Gasteiger partial charge on any atom is -0.476 e.